The first-order chi connectivity index (χ1) is 7.67. The highest BCUT2D eigenvalue weighted by Gasteiger charge is 2.19. The molecule has 0 amide bonds. The molecule has 0 aliphatic carbocycles. The summed E-state index contributed by atoms with van der Waals surface area (Å²) in [5, 5.41) is 34.4. The van der Waals surface area contributed by atoms with Crippen LogP contribution in [0.25, 0.3) is 0 Å². The van der Waals surface area contributed by atoms with E-state index in [4.69, 9.17) is 32.6 Å². The topological polar surface area (TPSA) is 121 Å². The number of hydrogen-bond acceptors (Lipinski definition) is 6. The summed E-state index contributed by atoms with van der Waals surface area (Å²) in [4.78, 5) is 7.28. The second-order valence-electron chi connectivity index (χ2n) is 2.51. The minimum absolute atomic E-state index is 0.109. The zero-order chi connectivity index (χ0) is 12.1. The van der Waals surface area contributed by atoms with Crippen LogP contribution >= 0.6 is 11.6 Å². The second-order valence-corrected chi connectivity index (χ2v) is 2.87. The molecule has 0 fully saturated rings. The van der Waals surface area contributed by atoms with Crippen molar-refractivity contribution in [3.63, 3.8) is 0 Å². The minimum Gasteiger partial charge on any atom is -0.233 e. The molecule has 0 atom stereocenters. The van der Waals surface area contributed by atoms with Crippen LogP contribution in [0, 0.1) is 45.3 Å². The molecule has 0 aliphatic rings. The fourth-order valence-corrected chi connectivity index (χ4v) is 1.15. The van der Waals surface area contributed by atoms with Crippen LogP contribution in [0.4, 0.5) is 0 Å². The first-order valence-electron chi connectivity index (χ1n) is 3.84. The highest BCUT2D eigenvalue weighted by atomic mass is 35.5. The molecule has 0 radical (unpaired) electrons. The van der Waals surface area contributed by atoms with E-state index in [1.807, 2.05) is 0 Å². The molecule has 6 nitrogen and oxygen atoms in total. The Morgan fingerprint density at radius 3 is 1.88 bits per heavy atom. The maximum atomic E-state index is 8.68. The van der Waals surface area contributed by atoms with Crippen molar-refractivity contribution in [3.05, 3.63) is 22.2 Å². The van der Waals surface area contributed by atoms with Crippen LogP contribution in [0.15, 0.2) is 0 Å². The van der Waals surface area contributed by atoms with Crippen molar-refractivity contribution in [2.24, 2.45) is 0 Å². The SMILES string of the molecule is N#Cc1nc(Cl)c(C(C#N)C#N)nc1C#N. The fourth-order valence-electron chi connectivity index (χ4n) is 0.919. The van der Waals surface area contributed by atoms with E-state index in [-0.39, 0.29) is 22.2 Å². The van der Waals surface area contributed by atoms with Crippen LogP contribution in [0.5, 0.6) is 0 Å². The predicted molar refractivity (Wildman–Crippen MR) is 50.4 cm³/mol. The summed E-state index contributed by atoms with van der Waals surface area (Å²) in [6, 6.07) is 6.60. The van der Waals surface area contributed by atoms with Gasteiger partial charge in [0.25, 0.3) is 0 Å². The van der Waals surface area contributed by atoms with Gasteiger partial charge in [-0.2, -0.15) is 21.0 Å². The van der Waals surface area contributed by atoms with Crippen molar-refractivity contribution in [3.8, 4) is 24.3 Å². The quantitative estimate of drug-likeness (QED) is 0.707. The third-order valence-electron chi connectivity index (χ3n) is 1.62. The van der Waals surface area contributed by atoms with Gasteiger partial charge in [-0.05, 0) is 0 Å². The van der Waals surface area contributed by atoms with Gasteiger partial charge in [0.15, 0.2) is 22.5 Å². The summed E-state index contributed by atoms with van der Waals surface area (Å²) < 4.78 is 0. The van der Waals surface area contributed by atoms with E-state index >= 15 is 0 Å². The van der Waals surface area contributed by atoms with Gasteiger partial charge in [0, 0.05) is 0 Å². The standard InChI is InChI=1S/C9HClN6/c10-9-8(5(1-11)2-12)15-6(3-13)7(4-14)16-9/h5H. The maximum absolute atomic E-state index is 8.68. The summed E-state index contributed by atoms with van der Waals surface area (Å²) >= 11 is 5.65. The lowest BCUT2D eigenvalue weighted by Gasteiger charge is -2.03. The van der Waals surface area contributed by atoms with Gasteiger partial charge in [0.1, 0.15) is 17.8 Å². The highest BCUT2D eigenvalue weighted by Crippen LogP contribution is 2.21. The molecule has 0 saturated heterocycles. The first kappa shape index (κ1) is 11.4. The molecular formula is C9HClN6. The van der Waals surface area contributed by atoms with Crippen LogP contribution in [-0.4, -0.2) is 9.97 Å². The Labute approximate surface area is 95.6 Å². The van der Waals surface area contributed by atoms with E-state index in [1.165, 1.54) is 0 Å². The van der Waals surface area contributed by atoms with Crippen molar-refractivity contribution >= 4 is 11.6 Å². The number of hydrogen-bond donors (Lipinski definition) is 0. The largest absolute Gasteiger partial charge is 0.233 e. The molecule has 0 unspecified atom stereocenters. The molecule has 74 valence electrons. The van der Waals surface area contributed by atoms with E-state index < -0.39 is 5.92 Å². The lowest BCUT2D eigenvalue weighted by Crippen LogP contribution is -2.04. The van der Waals surface area contributed by atoms with Crippen LogP contribution in [0.2, 0.25) is 5.15 Å². The molecule has 1 heterocycles. The van der Waals surface area contributed by atoms with E-state index in [9.17, 15) is 0 Å². The molecule has 0 spiro atoms. The molecule has 0 N–H and O–H groups in total. The summed E-state index contributed by atoms with van der Waals surface area (Å²) in [6.45, 7) is 0. The number of rotatable bonds is 1. The van der Waals surface area contributed by atoms with Gasteiger partial charge in [0.2, 0.25) is 0 Å². The second kappa shape index (κ2) is 4.71. The van der Waals surface area contributed by atoms with Crippen LogP contribution < -0.4 is 0 Å². The van der Waals surface area contributed by atoms with Gasteiger partial charge in [-0.3, -0.25) is 0 Å². The van der Waals surface area contributed by atoms with Gasteiger partial charge in [-0.1, -0.05) is 11.6 Å². The smallest absolute Gasteiger partial charge is 0.178 e. The third kappa shape index (κ3) is 1.88. The van der Waals surface area contributed by atoms with E-state index in [0.717, 1.165) is 0 Å². The lowest BCUT2D eigenvalue weighted by atomic mass is 10.1. The zero-order valence-corrected chi connectivity index (χ0v) is 8.39. The van der Waals surface area contributed by atoms with Crippen molar-refractivity contribution in [2.45, 2.75) is 5.92 Å². The van der Waals surface area contributed by atoms with Gasteiger partial charge in [-0.25, -0.2) is 9.97 Å². The van der Waals surface area contributed by atoms with E-state index in [2.05, 4.69) is 9.97 Å². The first-order valence-corrected chi connectivity index (χ1v) is 4.22. The summed E-state index contributed by atoms with van der Waals surface area (Å²) in [7, 11) is 0. The Hall–Kier alpha value is -2.67. The molecular weight excluding hydrogens is 228 g/mol. The average Bonchev–Trinajstić information content (AvgIpc) is 2.32. The number of nitriles is 4. The van der Waals surface area contributed by atoms with Crippen molar-refractivity contribution in [2.75, 3.05) is 0 Å². The van der Waals surface area contributed by atoms with Crippen LogP contribution in [0.3, 0.4) is 0 Å². The molecule has 0 saturated carbocycles. The van der Waals surface area contributed by atoms with Crippen molar-refractivity contribution in [1.29, 1.82) is 21.0 Å². The molecule has 0 aromatic carbocycles. The van der Waals surface area contributed by atoms with Crippen LogP contribution in [-0.2, 0) is 0 Å². The highest BCUT2D eigenvalue weighted by molar-refractivity contribution is 6.30. The predicted octanol–water partition coefficient (Wildman–Crippen LogP) is 1.00. The monoisotopic (exact) mass is 228 g/mol. The summed E-state index contributed by atoms with van der Waals surface area (Å²) in [5.41, 5.74) is -0.592. The van der Waals surface area contributed by atoms with Gasteiger partial charge >= 0.3 is 0 Å². The molecule has 1 aromatic heterocycles. The third-order valence-corrected chi connectivity index (χ3v) is 1.90. The zero-order valence-electron chi connectivity index (χ0n) is 7.64. The van der Waals surface area contributed by atoms with Gasteiger partial charge < -0.3 is 0 Å². The molecule has 0 aliphatic heterocycles. The van der Waals surface area contributed by atoms with Gasteiger partial charge in [-0.15, -0.1) is 0 Å². The van der Waals surface area contributed by atoms with E-state index in [1.54, 1.807) is 24.3 Å². The molecule has 16 heavy (non-hydrogen) atoms. The van der Waals surface area contributed by atoms with Gasteiger partial charge in [0.05, 0.1) is 12.1 Å². The number of nitrogens with zero attached hydrogens (tertiary/aromatic N) is 6. The maximum Gasteiger partial charge on any atom is 0.178 e. The molecule has 1 rings (SSSR count). The Morgan fingerprint density at radius 2 is 1.44 bits per heavy atom. The summed E-state index contributed by atoms with van der Waals surface area (Å²) in [6.07, 6.45) is 0. The van der Waals surface area contributed by atoms with Crippen LogP contribution in [0.1, 0.15) is 23.0 Å². The Bertz CT molecular complexity index is 581. The fraction of sp³-hybridized carbons (Fsp3) is 0.111. The lowest BCUT2D eigenvalue weighted by molar-refractivity contribution is 0.963. The molecule has 0 bridgehead atoms. The number of aromatic nitrogens is 2. The molecule has 7 heteroatoms. The van der Waals surface area contributed by atoms with Crippen molar-refractivity contribution in [1.82, 2.24) is 9.97 Å². The Morgan fingerprint density at radius 1 is 0.938 bits per heavy atom. The van der Waals surface area contributed by atoms with Crippen molar-refractivity contribution < 1.29 is 0 Å². The summed E-state index contributed by atoms with van der Waals surface area (Å²) in [5.74, 6) is -1.21. The average molecular weight is 229 g/mol. The number of halogens is 1. The van der Waals surface area contributed by atoms with E-state index in [0.29, 0.717) is 0 Å². The minimum atomic E-state index is -1.21. The Kier molecular flexibility index (Phi) is 3.36. The Balaban J connectivity index is 3.49. The molecule has 1 aromatic rings. The normalized spacial score (nSPS) is 8.62.